The summed E-state index contributed by atoms with van der Waals surface area (Å²) in [6.07, 6.45) is 0. The van der Waals surface area contributed by atoms with Gasteiger partial charge in [-0.3, -0.25) is 0 Å². The van der Waals surface area contributed by atoms with Gasteiger partial charge in [0.05, 0.1) is 13.2 Å². The van der Waals surface area contributed by atoms with Gasteiger partial charge in [-0.05, 0) is 49.2 Å². The van der Waals surface area contributed by atoms with Crippen LogP contribution in [0.15, 0.2) is 47.5 Å². The van der Waals surface area contributed by atoms with Crippen LogP contribution in [0.25, 0.3) is 0 Å². The lowest BCUT2D eigenvalue weighted by molar-refractivity contribution is 0.275. The molecule has 0 saturated carbocycles. The van der Waals surface area contributed by atoms with Gasteiger partial charge >= 0.3 is 0 Å². The van der Waals surface area contributed by atoms with E-state index in [0.717, 1.165) is 44.2 Å². The van der Waals surface area contributed by atoms with Crippen LogP contribution in [0.4, 0.5) is 10.1 Å². The molecule has 3 rings (SSSR count). The summed E-state index contributed by atoms with van der Waals surface area (Å²) in [5, 5.41) is 12.6. The summed E-state index contributed by atoms with van der Waals surface area (Å²) in [4.78, 5) is 9.41. The van der Waals surface area contributed by atoms with Gasteiger partial charge in [-0.1, -0.05) is 18.2 Å². The second-order valence-electron chi connectivity index (χ2n) is 7.07. The van der Waals surface area contributed by atoms with E-state index >= 15 is 0 Å². The van der Waals surface area contributed by atoms with E-state index in [4.69, 9.17) is 4.99 Å². The first kappa shape index (κ1) is 20.1. The number of aliphatic hydroxyl groups is 1. The van der Waals surface area contributed by atoms with Crippen LogP contribution in [0, 0.1) is 12.7 Å². The van der Waals surface area contributed by atoms with Crippen LogP contribution in [-0.4, -0.2) is 48.7 Å². The van der Waals surface area contributed by atoms with Crippen molar-refractivity contribution >= 4 is 11.6 Å². The molecule has 1 aliphatic heterocycles. The Kier molecular flexibility index (Phi) is 6.87. The average Bonchev–Trinajstić information content (AvgIpc) is 2.72. The van der Waals surface area contributed by atoms with E-state index in [0.29, 0.717) is 12.1 Å². The highest BCUT2D eigenvalue weighted by atomic mass is 19.1. The van der Waals surface area contributed by atoms with Crippen molar-refractivity contribution in [1.82, 2.24) is 10.2 Å². The lowest BCUT2D eigenvalue weighted by Crippen LogP contribution is -2.52. The molecule has 1 saturated heterocycles. The number of piperazine rings is 1. The fraction of sp³-hybridized carbons (Fsp3) is 0.409. The largest absolute Gasteiger partial charge is 0.392 e. The molecule has 150 valence electrons. The highest BCUT2D eigenvalue weighted by molar-refractivity contribution is 5.80. The fourth-order valence-electron chi connectivity index (χ4n) is 3.44. The lowest BCUT2D eigenvalue weighted by atomic mass is 10.1. The molecule has 6 heteroatoms. The molecule has 0 spiro atoms. The van der Waals surface area contributed by atoms with Gasteiger partial charge in [0.1, 0.15) is 5.82 Å². The SMILES string of the molecule is CCNC(=NCc1ccc(F)c(CO)c1)N1CCN(c2cccc(C)c2)CC1. The van der Waals surface area contributed by atoms with E-state index in [1.807, 2.05) is 0 Å². The number of nitrogens with one attached hydrogen (secondary N) is 1. The monoisotopic (exact) mass is 384 g/mol. The molecule has 2 aromatic carbocycles. The van der Waals surface area contributed by atoms with E-state index in [9.17, 15) is 9.50 Å². The molecule has 0 atom stereocenters. The summed E-state index contributed by atoms with van der Waals surface area (Å²) >= 11 is 0. The van der Waals surface area contributed by atoms with Crippen molar-refractivity contribution in [2.75, 3.05) is 37.6 Å². The third-order valence-electron chi connectivity index (χ3n) is 4.97. The molecular formula is C22H29FN4O. The summed E-state index contributed by atoms with van der Waals surface area (Å²) in [5.41, 5.74) is 3.74. The number of hydrogen-bond acceptors (Lipinski definition) is 3. The molecule has 2 aromatic rings. The number of aliphatic imine (C=N–C) groups is 1. The Morgan fingerprint density at radius 3 is 2.61 bits per heavy atom. The maximum absolute atomic E-state index is 13.6. The van der Waals surface area contributed by atoms with E-state index < -0.39 is 0 Å². The number of guanidine groups is 1. The highest BCUT2D eigenvalue weighted by Crippen LogP contribution is 2.18. The molecule has 0 radical (unpaired) electrons. The number of halogens is 1. The number of anilines is 1. The predicted molar refractivity (Wildman–Crippen MR) is 112 cm³/mol. The molecular weight excluding hydrogens is 355 g/mol. The topological polar surface area (TPSA) is 51.1 Å². The minimum absolute atomic E-state index is 0.301. The molecule has 2 N–H and O–H groups in total. The number of benzene rings is 2. The Morgan fingerprint density at radius 1 is 1.14 bits per heavy atom. The standard InChI is InChI=1S/C22H29FN4O/c1-3-24-22(25-15-18-7-8-21(23)19(14-18)16-28)27-11-9-26(10-12-27)20-6-4-5-17(2)13-20/h4-8,13-14,28H,3,9-12,15-16H2,1-2H3,(H,24,25). The molecule has 1 heterocycles. The Bertz CT molecular complexity index is 816. The van der Waals surface area contributed by atoms with Gasteiger partial charge in [-0.25, -0.2) is 9.38 Å². The van der Waals surface area contributed by atoms with Crippen LogP contribution in [0.2, 0.25) is 0 Å². The summed E-state index contributed by atoms with van der Waals surface area (Å²) in [7, 11) is 0. The minimum atomic E-state index is -0.380. The number of aryl methyl sites for hydroxylation is 1. The first-order chi connectivity index (χ1) is 13.6. The van der Waals surface area contributed by atoms with Crippen LogP contribution in [0.1, 0.15) is 23.6 Å². The lowest BCUT2D eigenvalue weighted by Gasteiger charge is -2.37. The van der Waals surface area contributed by atoms with Crippen LogP contribution in [0.5, 0.6) is 0 Å². The number of hydrogen-bond donors (Lipinski definition) is 2. The summed E-state index contributed by atoms with van der Waals surface area (Å²) in [5.74, 6) is 0.496. The van der Waals surface area contributed by atoms with Crippen molar-refractivity contribution < 1.29 is 9.50 Å². The first-order valence-corrected chi connectivity index (χ1v) is 9.83. The van der Waals surface area contributed by atoms with Gasteiger partial charge in [-0.2, -0.15) is 0 Å². The zero-order valence-corrected chi connectivity index (χ0v) is 16.7. The van der Waals surface area contributed by atoms with Crippen LogP contribution >= 0.6 is 0 Å². The van der Waals surface area contributed by atoms with Crippen molar-refractivity contribution in [2.24, 2.45) is 4.99 Å². The zero-order valence-electron chi connectivity index (χ0n) is 16.7. The first-order valence-electron chi connectivity index (χ1n) is 9.83. The van der Waals surface area contributed by atoms with E-state index in [2.05, 4.69) is 53.2 Å². The Balaban J connectivity index is 1.65. The molecule has 28 heavy (non-hydrogen) atoms. The third kappa shape index (κ3) is 5.01. The van der Waals surface area contributed by atoms with Crippen LogP contribution in [-0.2, 0) is 13.2 Å². The normalized spacial score (nSPS) is 15.1. The Hall–Kier alpha value is -2.60. The molecule has 1 aliphatic rings. The molecule has 0 unspecified atom stereocenters. The number of rotatable bonds is 5. The fourth-order valence-corrected chi connectivity index (χ4v) is 3.44. The third-order valence-corrected chi connectivity index (χ3v) is 4.97. The van der Waals surface area contributed by atoms with Crippen molar-refractivity contribution in [1.29, 1.82) is 0 Å². The van der Waals surface area contributed by atoms with Gasteiger partial charge in [0.25, 0.3) is 0 Å². The maximum Gasteiger partial charge on any atom is 0.194 e. The zero-order chi connectivity index (χ0) is 19.9. The smallest absolute Gasteiger partial charge is 0.194 e. The molecule has 0 aliphatic carbocycles. The molecule has 5 nitrogen and oxygen atoms in total. The quantitative estimate of drug-likeness (QED) is 0.615. The van der Waals surface area contributed by atoms with E-state index in [1.54, 1.807) is 12.1 Å². The van der Waals surface area contributed by atoms with Crippen molar-refractivity contribution in [3.8, 4) is 0 Å². The van der Waals surface area contributed by atoms with Crippen molar-refractivity contribution in [2.45, 2.75) is 27.0 Å². The van der Waals surface area contributed by atoms with Gasteiger partial charge in [-0.15, -0.1) is 0 Å². The number of aliphatic hydroxyl groups excluding tert-OH is 1. The van der Waals surface area contributed by atoms with E-state index in [1.165, 1.54) is 17.3 Å². The predicted octanol–water partition coefficient (Wildman–Crippen LogP) is 2.91. The van der Waals surface area contributed by atoms with Crippen LogP contribution in [0.3, 0.4) is 0 Å². The maximum atomic E-state index is 13.6. The molecule has 0 amide bonds. The summed E-state index contributed by atoms with van der Waals surface area (Å²) in [6, 6.07) is 13.4. The second-order valence-corrected chi connectivity index (χ2v) is 7.07. The Morgan fingerprint density at radius 2 is 1.93 bits per heavy atom. The summed E-state index contributed by atoms with van der Waals surface area (Å²) < 4.78 is 13.6. The molecule has 0 aromatic heterocycles. The molecule has 0 bridgehead atoms. The highest BCUT2D eigenvalue weighted by Gasteiger charge is 2.20. The van der Waals surface area contributed by atoms with Gasteiger partial charge < -0.3 is 20.2 Å². The summed E-state index contributed by atoms with van der Waals surface area (Å²) in [6.45, 7) is 8.79. The minimum Gasteiger partial charge on any atom is -0.392 e. The Labute approximate surface area is 166 Å². The number of nitrogens with zero attached hydrogens (tertiary/aromatic N) is 3. The van der Waals surface area contributed by atoms with Crippen molar-refractivity contribution in [3.05, 3.63) is 65.0 Å². The van der Waals surface area contributed by atoms with Crippen molar-refractivity contribution in [3.63, 3.8) is 0 Å². The van der Waals surface area contributed by atoms with Gasteiger partial charge in [0.2, 0.25) is 0 Å². The molecule has 1 fully saturated rings. The average molecular weight is 384 g/mol. The van der Waals surface area contributed by atoms with Gasteiger partial charge in [0, 0.05) is 44.0 Å². The van der Waals surface area contributed by atoms with Crippen LogP contribution < -0.4 is 10.2 Å². The van der Waals surface area contributed by atoms with Gasteiger partial charge in [0.15, 0.2) is 5.96 Å². The second kappa shape index (κ2) is 9.55. The van der Waals surface area contributed by atoms with E-state index in [-0.39, 0.29) is 12.4 Å².